The van der Waals surface area contributed by atoms with Gasteiger partial charge in [-0.2, -0.15) is 0 Å². The van der Waals surface area contributed by atoms with Crippen LogP contribution in [0.1, 0.15) is 22.3 Å². The van der Waals surface area contributed by atoms with Crippen molar-refractivity contribution in [2.75, 3.05) is 4.90 Å². The van der Waals surface area contributed by atoms with Crippen LogP contribution in [-0.4, -0.2) is 17.8 Å². The third-order valence-electron chi connectivity index (χ3n) is 6.15. The van der Waals surface area contributed by atoms with E-state index in [9.17, 15) is 18.8 Å². The standard InChI is InChI=1S/C29H20ClFN2O3/c1-17-9-12-21(30)15-26(17)33-28(35)25(27(34)32-29(33)36)16-24-20(13-18-5-4-7-22(31)14-18)11-10-19-6-2-3-8-23(19)24/h2-12,14-16H,13H2,1H3,(H,32,34,36)/b25-16+. The van der Waals surface area contributed by atoms with Crippen LogP contribution in [0.2, 0.25) is 5.02 Å². The Balaban J connectivity index is 1.66. The molecule has 5 nitrogen and oxygen atoms in total. The van der Waals surface area contributed by atoms with Gasteiger partial charge in [-0.1, -0.05) is 66.2 Å². The SMILES string of the molecule is Cc1ccc(Cl)cc1N1C(=O)NC(=O)/C(=C\c2c(Cc3cccc(F)c3)ccc3ccccc23)C1=O. The molecule has 4 aromatic rings. The van der Waals surface area contributed by atoms with Gasteiger partial charge in [-0.3, -0.25) is 14.9 Å². The number of hydrogen-bond acceptors (Lipinski definition) is 3. The lowest BCUT2D eigenvalue weighted by atomic mass is 9.92. The molecule has 0 atom stereocenters. The van der Waals surface area contributed by atoms with Crippen molar-refractivity contribution < 1.29 is 18.8 Å². The van der Waals surface area contributed by atoms with Crippen LogP contribution < -0.4 is 10.2 Å². The summed E-state index contributed by atoms with van der Waals surface area (Å²) in [6.07, 6.45) is 1.89. The van der Waals surface area contributed by atoms with Crippen molar-refractivity contribution in [3.05, 3.63) is 118 Å². The fourth-order valence-electron chi connectivity index (χ4n) is 4.38. The molecule has 1 N–H and O–H groups in total. The van der Waals surface area contributed by atoms with Gasteiger partial charge in [-0.25, -0.2) is 14.1 Å². The maximum atomic E-state index is 13.8. The van der Waals surface area contributed by atoms with Crippen LogP contribution in [0.5, 0.6) is 0 Å². The summed E-state index contributed by atoms with van der Waals surface area (Å²) in [6.45, 7) is 1.74. The molecule has 1 fully saturated rings. The highest BCUT2D eigenvalue weighted by Crippen LogP contribution is 2.31. The molecule has 0 spiro atoms. The fraction of sp³-hybridized carbons (Fsp3) is 0.0690. The molecule has 0 unspecified atom stereocenters. The molecular weight excluding hydrogens is 479 g/mol. The molecule has 1 saturated heterocycles. The summed E-state index contributed by atoms with van der Waals surface area (Å²) >= 11 is 6.12. The molecule has 4 aromatic carbocycles. The maximum absolute atomic E-state index is 13.8. The van der Waals surface area contributed by atoms with Crippen molar-refractivity contribution in [2.45, 2.75) is 13.3 Å². The zero-order valence-corrected chi connectivity index (χ0v) is 20.0. The van der Waals surface area contributed by atoms with E-state index in [1.54, 1.807) is 25.1 Å². The van der Waals surface area contributed by atoms with Crippen LogP contribution in [-0.2, 0) is 16.0 Å². The lowest BCUT2D eigenvalue weighted by molar-refractivity contribution is -0.122. The second-order valence-electron chi connectivity index (χ2n) is 8.55. The second-order valence-corrected chi connectivity index (χ2v) is 8.99. The number of nitrogens with zero attached hydrogens (tertiary/aromatic N) is 1. The lowest BCUT2D eigenvalue weighted by Gasteiger charge is -2.28. The smallest absolute Gasteiger partial charge is 0.273 e. The van der Waals surface area contributed by atoms with E-state index in [4.69, 9.17) is 11.6 Å². The number of amides is 4. The molecule has 1 aliphatic heterocycles. The first kappa shape index (κ1) is 23.5. The molecule has 4 amide bonds. The van der Waals surface area contributed by atoms with Gasteiger partial charge >= 0.3 is 6.03 Å². The van der Waals surface area contributed by atoms with Gasteiger partial charge in [-0.15, -0.1) is 0 Å². The zero-order chi connectivity index (χ0) is 25.4. The Bertz CT molecular complexity index is 1600. The van der Waals surface area contributed by atoms with E-state index in [1.807, 2.05) is 42.5 Å². The average molecular weight is 499 g/mol. The molecule has 5 rings (SSSR count). The summed E-state index contributed by atoms with van der Waals surface area (Å²) in [5.41, 5.74) is 2.94. The molecule has 0 saturated carbocycles. The highest BCUT2D eigenvalue weighted by atomic mass is 35.5. The molecule has 36 heavy (non-hydrogen) atoms. The predicted molar refractivity (Wildman–Crippen MR) is 138 cm³/mol. The number of hydrogen-bond donors (Lipinski definition) is 1. The van der Waals surface area contributed by atoms with Crippen LogP contribution in [0, 0.1) is 12.7 Å². The molecular formula is C29H20ClFN2O3. The summed E-state index contributed by atoms with van der Waals surface area (Å²) in [5.74, 6) is -1.88. The number of benzene rings is 4. The van der Waals surface area contributed by atoms with Crippen LogP contribution in [0.15, 0.2) is 84.4 Å². The number of aryl methyl sites for hydroxylation is 1. The molecule has 178 valence electrons. The summed E-state index contributed by atoms with van der Waals surface area (Å²) < 4.78 is 13.8. The van der Waals surface area contributed by atoms with Gasteiger partial charge in [0.25, 0.3) is 11.8 Å². The van der Waals surface area contributed by atoms with Gasteiger partial charge in [0.05, 0.1) is 5.69 Å². The first-order valence-corrected chi connectivity index (χ1v) is 11.6. The van der Waals surface area contributed by atoms with Gasteiger partial charge in [0.1, 0.15) is 11.4 Å². The highest BCUT2D eigenvalue weighted by Gasteiger charge is 2.37. The van der Waals surface area contributed by atoms with Crippen molar-refractivity contribution in [3.8, 4) is 0 Å². The molecule has 0 aromatic heterocycles. The third-order valence-corrected chi connectivity index (χ3v) is 6.38. The van der Waals surface area contributed by atoms with Crippen molar-refractivity contribution in [1.82, 2.24) is 5.32 Å². The third kappa shape index (κ3) is 4.39. The first-order chi connectivity index (χ1) is 17.3. The minimum atomic E-state index is -0.842. The summed E-state index contributed by atoms with van der Waals surface area (Å²) in [4.78, 5) is 40.0. The van der Waals surface area contributed by atoms with Gasteiger partial charge in [0, 0.05) is 5.02 Å². The Labute approximate surface area is 211 Å². The van der Waals surface area contributed by atoms with Crippen molar-refractivity contribution in [1.29, 1.82) is 0 Å². The summed E-state index contributed by atoms with van der Waals surface area (Å²) in [7, 11) is 0. The topological polar surface area (TPSA) is 66.5 Å². The van der Waals surface area contributed by atoms with Crippen molar-refractivity contribution in [2.24, 2.45) is 0 Å². The van der Waals surface area contributed by atoms with E-state index in [2.05, 4.69) is 5.32 Å². The number of imide groups is 2. The normalized spacial score (nSPS) is 15.0. The molecule has 0 bridgehead atoms. The number of anilines is 1. The fourth-order valence-corrected chi connectivity index (χ4v) is 4.54. The van der Waals surface area contributed by atoms with Gasteiger partial charge < -0.3 is 0 Å². The zero-order valence-electron chi connectivity index (χ0n) is 19.2. The van der Waals surface area contributed by atoms with Crippen LogP contribution >= 0.6 is 11.6 Å². The van der Waals surface area contributed by atoms with Gasteiger partial charge in [0.2, 0.25) is 0 Å². The van der Waals surface area contributed by atoms with Crippen LogP contribution in [0.4, 0.5) is 14.9 Å². The van der Waals surface area contributed by atoms with Crippen LogP contribution in [0.3, 0.4) is 0 Å². The quantitative estimate of drug-likeness (QED) is 0.269. The number of fused-ring (bicyclic) bond motifs is 1. The number of rotatable bonds is 4. The number of halogens is 2. The molecule has 7 heteroatoms. The Hall–Kier alpha value is -4.29. The Morgan fingerprint density at radius 1 is 0.944 bits per heavy atom. The van der Waals surface area contributed by atoms with Crippen molar-refractivity contribution in [3.63, 3.8) is 0 Å². The number of barbiturate groups is 1. The maximum Gasteiger partial charge on any atom is 0.335 e. The Kier molecular flexibility index (Phi) is 6.12. The Morgan fingerprint density at radius 3 is 2.56 bits per heavy atom. The van der Waals surface area contributed by atoms with Crippen LogP contribution in [0.25, 0.3) is 16.8 Å². The average Bonchev–Trinajstić information content (AvgIpc) is 2.84. The monoisotopic (exact) mass is 498 g/mol. The molecule has 0 aliphatic carbocycles. The predicted octanol–water partition coefficient (Wildman–Crippen LogP) is 6.20. The first-order valence-electron chi connectivity index (χ1n) is 11.2. The van der Waals surface area contributed by atoms with Crippen molar-refractivity contribution >= 4 is 52.0 Å². The van der Waals surface area contributed by atoms with E-state index < -0.39 is 17.8 Å². The summed E-state index contributed by atoms with van der Waals surface area (Å²) in [5, 5.41) is 4.35. The Morgan fingerprint density at radius 2 is 1.75 bits per heavy atom. The van der Waals surface area contributed by atoms with E-state index in [-0.39, 0.29) is 11.4 Å². The number of urea groups is 1. The van der Waals surface area contributed by atoms with Gasteiger partial charge in [-0.05, 0) is 76.7 Å². The molecule has 0 radical (unpaired) electrons. The molecule has 1 aliphatic rings. The highest BCUT2D eigenvalue weighted by molar-refractivity contribution is 6.40. The van der Waals surface area contributed by atoms with E-state index in [0.29, 0.717) is 28.3 Å². The number of carbonyl (C=O) groups excluding carboxylic acids is 3. The number of carbonyl (C=O) groups is 3. The number of nitrogens with one attached hydrogen (secondary N) is 1. The van der Waals surface area contributed by atoms with Gasteiger partial charge in [0.15, 0.2) is 0 Å². The van der Waals surface area contributed by atoms with E-state index in [0.717, 1.165) is 26.8 Å². The minimum absolute atomic E-state index is 0.189. The largest absolute Gasteiger partial charge is 0.335 e. The minimum Gasteiger partial charge on any atom is -0.273 e. The van der Waals surface area contributed by atoms with E-state index >= 15 is 0 Å². The lowest BCUT2D eigenvalue weighted by Crippen LogP contribution is -2.54. The molecule has 1 heterocycles. The summed E-state index contributed by atoms with van der Waals surface area (Å²) in [6, 6.07) is 21.7. The second kappa shape index (κ2) is 9.40. The van der Waals surface area contributed by atoms with E-state index in [1.165, 1.54) is 24.3 Å².